The van der Waals surface area contributed by atoms with Crippen molar-refractivity contribution in [1.82, 2.24) is 4.90 Å². The van der Waals surface area contributed by atoms with Crippen LogP contribution in [0.5, 0.6) is 5.75 Å². The lowest BCUT2D eigenvalue weighted by Crippen LogP contribution is -2.29. The fourth-order valence-electron chi connectivity index (χ4n) is 3.27. The van der Waals surface area contributed by atoms with Gasteiger partial charge in [0.15, 0.2) is 0 Å². The second-order valence-electron chi connectivity index (χ2n) is 6.86. The molecule has 3 aromatic carbocycles. The number of nitrogens with zero attached hydrogens (tertiary/aromatic N) is 2. The van der Waals surface area contributed by atoms with E-state index in [0.717, 1.165) is 28.7 Å². The topological polar surface area (TPSA) is 130 Å². The lowest BCUT2D eigenvalue weighted by atomic mass is 10.1. The number of rotatable bonds is 5. The second kappa shape index (κ2) is 7.71. The maximum absolute atomic E-state index is 12.8. The van der Waals surface area contributed by atoms with E-state index in [4.69, 9.17) is 0 Å². The Balaban J connectivity index is 1.58. The van der Waals surface area contributed by atoms with Crippen molar-refractivity contribution in [2.75, 3.05) is 5.32 Å². The van der Waals surface area contributed by atoms with Crippen molar-refractivity contribution < 1.29 is 24.4 Å². The molecule has 3 aromatic rings. The Morgan fingerprint density at radius 2 is 1.68 bits per heavy atom. The number of phenols is 1. The molecule has 3 amide bonds. The summed E-state index contributed by atoms with van der Waals surface area (Å²) >= 11 is 0. The number of carbonyl (C=O) groups excluding carboxylic acids is 3. The molecule has 9 heteroatoms. The normalized spacial score (nSPS) is 12.6. The first-order chi connectivity index (χ1) is 14.8. The minimum atomic E-state index is -0.694. The van der Waals surface area contributed by atoms with Crippen LogP contribution >= 0.6 is 0 Å². The number of benzene rings is 3. The van der Waals surface area contributed by atoms with Crippen molar-refractivity contribution in [3.8, 4) is 5.75 Å². The van der Waals surface area contributed by atoms with Gasteiger partial charge in [-0.25, -0.2) is 0 Å². The van der Waals surface area contributed by atoms with Crippen molar-refractivity contribution in [3.05, 3.63) is 99.1 Å². The number of nitro benzene ring substituents is 1. The number of amides is 3. The highest BCUT2D eigenvalue weighted by Crippen LogP contribution is 2.29. The number of phenolic OH excluding ortho intramolecular Hbond substituents is 1. The largest absolute Gasteiger partial charge is 0.506 e. The van der Waals surface area contributed by atoms with Crippen LogP contribution in [0.3, 0.4) is 0 Å². The van der Waals surface area contributed by atoms with Gasteiger partial charge >= 0.3 is 0 Å². The van der Waals surface area contributed by atoms with Gasteiger partial charge in [-0.05, 0) is 29.8 Å². The molecule has 1 heterocycles. The molecule has 1 aliphatic heterocycles. The molecule has 0 saturated heterocycles. The fourth-order valence-corrected chi connectivity index (χ4v) is 3.27. The number of non-ortho nitro benzene ring substituents is 1. The first kappa shape index (κ1) is 19.8. The summed E-state index contributed by atoms with van der Waals surface area (Å²) in [6, 6.07) is 16.3. The van der Waals surface area contributed by atoms with Gasteiger partial charge in [-0.2, -0.15) is 0 Å². The van der Waals surface area contributed by atoms with Crippen molar-refractivity contribution in [3.63, 3.8) is 0 Å². The summed E-state index contributed by atoms with van der Waals surface area (Å²) in [6.45, 7) is 0.107. The van der Waals surface area contributed by atoms with Gasteiger partial charge in [0.2, 0.25) is 0 Å². The van der Waals surface area contributed by atoms with Gasteiger partial charge in [0.1, 0.15) is 5.75 Å². The number of aromatic hydroxyl groups is 1. The maximum atomic E-state index is 12.8. The average molecular weight is 417 g/mol. The molecule has 0 unspecified atom stereocenters. The van der Waals surface area contributed by atoms with Gasteiger partial charge in [-0.3, -0.25) is 29.4 Å². The molecule has 154 valence electrons. The highest BCUT2D eigenvalue weighted by atomic mass is 16.6. The van der Waals surface area contributed by atoms with E-state index < -0.39 is 22.6 Å². The molecule has 0 aliphatic carbocycles. The summed E-state index contributed by atoms with van der Waals surface area (Å²) in [5, 5.41) is 23.2. The zero-order valence-electron chi connectivity index (χ0n) is 15.9. The van der Waals surface area contributed by atoms with Crippen molar-refractivity contribution in [1.29, 1.82) is 0 Å². The summed E-state index contributed by atoms with van der Waals surface area (Å²) in [7, 11) is 0. The zero-order valence-corrected chi connectivity index (χ0v) is 15.9. The molecule has 0 atom stereocenters. The van der Waals surface area contributed by atoms with E-state index in [2.05, 4.69) is 5.32 Å². The lowest BCUT2D eigenvalue weighted by molar-refractivity contribution is -0.384. The molecule has 4 rings (SSSR count). The minimum absolute atomic E-state index is 0.0624. The Kier molecular flexibility index (Phi) is 4.92. The monoisotopic (exact) mass is 417 g/mol. The van der Waals surface area contributed by atoms with Crippen LogP contribution in [0.1, 0.15) is 36.6 Å². The number of carbonyl (C=O) groups is 3. The lowest BCUT2D eigenvalue weighted by Gasteiger charge is -2.13. The highest BCUT2D eigenvalue weighted by molar-refractivity contribution is 6.22. The van der Waals surface area contributed by atoms with Crippen molar-refractivity contribution in [2.24, 2.45) is 0 Å². The van der Waals surface area contributed by atoms with Crippen LogP contribution < -0.4 is 5.32 Å². The predicted octanol–water partition coefficient (Wildman–Crippen LogP) is 3.35. The van der Waals surface area contributed by atoms with Gasteiger partial charge in [-0.1, -0.05) is 30.3 Å². The van der Waals surface area contributed by atoms with Gasteiger partial charge in [-0.15, -0.1) is 0 Å². The van der Waals surface area contributed by atoms with Crippen molar-refractivity contribution >= 4 is 29.1 Å². The Morgan fingerprint density at radius 1 is 0.968 bits per heavy atom. The van der Waals surface area contributed by atoms with Crippen LogP contribution in [0, 0.1) is 10.1 Å². The molecule has 31 heavy (non-hydrogen) atoms. The summed E-state index contributed by atoms with van der Waals surface area (Å²) in [5.41, 5.74) is 0.684. The summed E-state index contributed by atoms with van der Waals surface area (Å²) in [5.74, 6) is -2.01. The Hall–Kier alpha value is -4.53. The van der Waals surface area contributed by atoms with E-state index in [0.29, 0.717) is 0 Å². The quantitative estimate of drug-likeness (QED) is 0.283. The maximum Gasteiger partial charge on any atom is 0.271 e. The van der Waals surface area contributed by atoms with Gasteiger partial charge in [0.25, 0.3) is 23.4 Å². The number of nitrogens with one attached hydrogen (secondary N) is 1. The van der Waals surface area contributed by atoms with E-state index in [-0.39, 0.29) is 40.4 Å². The Morgan fingerprint density at radius 3 is 2.39 bits per heavy atom. The molecule has 1 aliphatic rings. The molecule has 2 N–H and O–H groups in total. The molecule has 0 radical (unpaired) electrons. The van der Waals surface area contributed by atoms with Crippen LogP contribution in [-0.4, -0.2) is 32.7 Å². The number of anilines is 1. The molecule has 0 fully saturated rings. The molecular weight excluding hydrogens is 402 g/mol. The highest BCUT2D eigenvalue weighted by Gasteiger charge is 2.36. The van der Waals surface area contributed by atoms with Gasteiger partial charge < -0.3 is 10.4 Å². The SMILES string of the molecule is O=C(Nc1cc([N+](=O)[O-])ccc1O)c1ccc2c(c1)C(=O)N(Cc1ccccc1)C2=O. The zero-order chi connectivity index (χ0) is 22.1. The third kappa shape index (κ3) is 3.71. The number of fused-ring (bicyclic) bond motifs is 1. The van der Waals surface area contributed by atoms with Crippen LogP contribution in [0.15, 0.2) is 66.7 Å². The van der Waals surface area contributed by atoms with E-state index in [1.54, 1.807) is 24.3 Å². The summed E-state index contributed by atoms with van der Waals surface area (Å²) in [4.78, 5) is 49.4. The van der Waals surface area contributed by atoms with Crippen LogP contribution in [0.2, 0.25) is 0 Å². The second-order valence-corrected chi connectivity index (χ2v) is 6.86. The molecule has 0 spiro atoms. The van der Waals surface area contributed by atoms with Gasteiger partial charge in [0.05, 0.1) is 28.3 Å². The molecule has 0 saturated carbocycles. The average Bonchev–Trinajstić information content (AvgIpc) is 3.00. The first-order valence-corrected chi connectivity index (χ1v) is 9.18. The van der Waals surface area contributed by atoms with Gasteiger partial charge in [0, 0.05) is 17.7 Å². The number of hydrogen-bond donors (Lipinski definition) is 2. The summed E-state index contributed by atoms with van der Waals surface area (Å²) < 4.78 is 0. The number of nitro groups is 1. The molecule has 0 bridgehead atoms. The molecule has 9 nitrogen and oxygen atoms in total. The smallest absolute Gasteiger partial charge is 0.271 e. The van der Waals surface area contributed by atoms with E-state index in [1.807, 2.05) is 6.07 Å². The first-order valence-electron chi connectivity index (χ1n) is 9.18. The van der Waals surface area contributed by atoms with E-state index >= 15 is 0 Å². The molecule has 0 aromatic heterocycles. The Labute approximate surface area is 175 Å². The van der Waals surface area contributed by atoms with Crippen LogP contribution in [0.25, 0.3) is 0 Å². The fraction of sp³-hybridized carbons (Fsp3) is 0.0455. The molecular formula is C22H15N3O6. The number of imide groups is 1. The third-order valence-electron chi connectivity index (χ3n) is 4.86. The van der Waals surface area contributed by atoms with Crippen molar-refractivity contribution in [2.45, 2.75) is 6.54 Å². The standard InChI is InChI=1S/C22H15N3O6/c26-19-9-7-15(25(30)31)11-18(19)23-20(27)14-6-8-16-17(10-14)22(29)24(21(16)28)12-13-4-2-1-3-5-13/h1-11,26H,12H2,(H,23,27). The summed E-state index contributed by atoms with van der Waals surface area (Å²) in [6.07, 6.45) is 0. The number of hydrogen-bond acceptors (Lipinski definition) is 6. The minimum Gasteiger partial charge on any atom is -0.506 e. The third-order valence-corrected chi connectivity index (χ3v) is 4.86. The predicted molar refractivity (Wildman–Crippen MR) is 110 cm³/mol. The van der Waals surface area contributed by atoms with Crippen LogP contribution in [-0.2, 0) is 6.54 Å². The van der Waals surface area contributed by atoms with E-state index in [9.17, 15) is 29.6 Å². The Bertz CT molecular complexity index is 1240. The van der Waals surface area contributed by atoms with E-state index in [1.165, 1.54) is 18.2 Å². The van der Waals surface area contributed by atoms with Crippen LogP contribution in [0.4, 0.5) is 11.4 Å².